The number of hydrogen-bond donors (Lipinski definition) is 6. The van der Waals surface area contributed by atoms with E-state index in [0.29, 0.717) is 6.42 Å². The number of nitrogens with two attached hydrogens (primary N) is 1. The lowest BCUT2D eigenvalue weighted by molar-refractivity contribution is -0.141. The maximum absolute atomic E-state index is 12.6. The number of carboxylic acids is 1. The Balaban J connectivity index is 1.98. The van der Waals surface area contributed by atoms with Crippen molar-refractivity contribution in [2.45, 2.75) is 51.7 Å². The number of carbonyl (C=O) groups is 4. The van der Waals surface area contributed by atoms with Crippen LogP contribution in [-0.2, 0) is 25.6 Å². The summed E-state index contributed by atoms with van der Waals surface area (Å²) in [5, 5.41) is 17.9. The highest BCUT2D eigenvalue weighted by Gasteiger charge is 2.28. The van der Waals surface area contributed by atoms with Gasteiger partial charge in [0.2, 0.25) is 17.7 Å². The largest absolute Gasteiger partial charge is 0.480 e. The molecule has 3 amide bonds. The van der Waals surface area contributed by atoms with E-state index in [1.54, 1.807) is 13.1 Å². The second kappa shape index (κ2) is 11.3. The third-order valence-electron chi connectivity index (χ3n) is 5.36. The molecule has 10 heteroatoms. The lowest BCUT2D eigenvalue weighted by atomic mass is 9.98. The van der Waals surface area contributed by atoms with E-state index < -0.39 is 48.4 Å². The smallest absolute Gasteiger partial charge is 0.326 e. The maximum Gasteiger partial charge on any atom is 0.326 e. The van der Waals surface area contributed by atoms with Gasteiger partial charge in [0.15, 0.2) is 0 Å². The van der Waals surface area contributed by atoms with Crippen LogP contribution >= 0.6 is 0 Å². The Morgan fingerprint density at radius 2 is 1.78 bits per heavy atom. The van der Waals surface area contributed by atoms with Gasteiger partial charge in [-0.1, -0.05) is 38.5 Å². The molecule has 174 valence electrons. The number of H-pyrrole nitrogens is 1. The first-order chi connectivity index (χ1) is 15.1. The number of hydrogen-bond acceptors (Lipinski definition) is 5. The van der Waals surface area contributed by atoms with Gasteiger partial charge in [0, 0.05) is 23.5 Å². The molecule has 2 rings (SSSR count). The Hall–Kier alpha value is -3.40. The summed E-state index contributed by atoms with van der Waals surface area (Å²) in [6.07, 6.45) is 2.42. The van der Waals surface area contributed by atoms with Crippen LogP contribution < -0.4 is 21.7 Å². The zero-order valence-corrected chi connectivity index (χ0v) is 18.5. The van der Waals surface area contributed by atoms with Crippen LogP contribution in [0.5, 0.6) is 0 Å². The van der Waals surface area contributed by atoms with Gasteiger partial charge in [-0.05, 0) is 24.5 Å². The van der Waals surface area contributed by atoms with E-state index in [9.17, 15) is 24.3 Å². The first kappa shape index (κ1) is 24.9. The molecule has 0 saturated carbocycles. The first-order valence-corrected chi connectivity index (χ1v) is 10.5. The number of nitrogens with one attached hydrogen (secondary N) is 4. The number of benzene rings is 1. The minimum Gasteiger partial charge on any atom is -0.480 e. The van der Waals surface area contributed by atoms with Crippen LogP contribution in [-0.4, -0.2) is 58.5 Å². The van der Waals surface area contributed by atoms with Crippen molar-refractivity contribution >= 4 is 34.6 Å². The van der Waals surface area contributed by atoms with Crippen LogP contribution in [0.1, 0.15) is 32.8 Å². The topological polar surface area (TPSA) is 166 Å². The number of aliphatic carboxylic acids is 1. The molecule has 1 aromatic carbocycles. The third kappa shape index (κ3) is 6.55. The molecule has 0 fully saturated rings. The minimum atomic E-state index is -1.18. The van der Waals surface area contributed by atoms with Crippen LogP contribution in [0.15, 0.2) is 30.5 Å². The number of fused-ring (bicyclic) bond motifs is 1. The number of amides is 3. The molecular weight excluding hydrogens is 414 g/mol. The Morgan fingerprint density at radius 3 is 2.41 bits per heavy atom. The summed E-state index contributed by atoms with van der Waals surface area (Å²) in [4.78, 5) is 51.6. The van der Waals surface area contributed by atoms with Gasteiger partial charge in [-0.3, -0.25) is 14.4 Å². The number of carboxylic acid groups (broad SMARTS) is 1. The zero-order valence-electron chi connectivity index (χ0n) is 18.5. The van der Waals surface area contributed by atoms with Crippen molar-refractivity contribution < 1.29 is 24.3 Å². The summed E-state index contributed by atoms with van der Waals surface area (Å²) in [5.41, 5.74) is 7.18. The summed E-state index contributed by atoms with van der Waals surface area (Å²) in [7, 11) is 0. The summed E-state index contributed by atoms with van der Waals surface area (Å²) >= 11 is 0. The summed E-state index contributed by atoms with van der Waals surface area (Å²) in [6.45, 7) is 4.76. The third-order valence-corrected chi connectivity index (χ3v) is 5.36. The fourth-order valence-electron chi connectivity index (χ4n) is 3.23. The normalized spacial score (nSPS) is 14.8. The summed E-state index contributed by atoms with van der Waals surface area (Å²) < 4.78 is 0. The Labute approximate surface area is 186 Å². The molecule has 4 atom stereocenters. The quantitative estimate of drug-likeness (QED) is 0.290. The average Bonchev–Trinajstić information content (AvgIpc) is 3.17. The van der Waals surface area contributed by atoms with Crippen molar-refractivity contribution in [2.75, 3.05) is 6.54 Å². The van der Waals surface area contributed by atoms with Crippen molar-refractivity contribution in [3.63, 3.8) is 0 Å². The molecule has 0 aliphatic heterocycles. The average molecular weight is 446 g/mol. The number of carbonyl (C=O) groups excluding carboxylic acids is 3. The van der Waals surface area contributed by atoms with Gasteiger partial charge >= 0.3 is 5.97 Å². The fraction of sp³-hybridized carbons (Fsp3) is 0.455. The van der Waals surface area contributed by atoms with Gasteiger partial charge in [0.05, 0.1) is 12.6 Å². The van der Waals surface area contributed by atoms with Gasteiger partial charge < -0.3 is 31.8 Å². The predicted molar refractivity (Wildman–Crippen MR) is 120 cm³/mol. The van der Waals surface area contributed by atoms with Crippen molar-refractivity contribution in [3.05, 3.63) is 36.0 Å². The molecule has 0 aliphatic carbocycles. The van der Waals surface area contributed by atoms with Crippen LogP contribution in [0.3, 0.4) is 0 Å². The van der Waals surface area contributed by atoms with Gasteiger partial charge in [0.25, 0.3) is 0 Å². The second-order valence-electron chi connectivity index (χ2n) is 7.90. The standard InChI is InChI=1S/C22H31N5O5/c1-4-12(2)19(27-20(29)13(3)23)21(30)25-11-18(28)26-17(22(31)32)9-14-10-24-16-8-6-5-7-15(14)16/h5-8,10,12-13,17,19,24H,4,9,11,23H2,1-3H3,(H,25,30)(H,26,28)(H,27,29)(H,31,32). The van der Waals surface area contributed by atoms with Crippen LogP contribution in [0, 0.1) is 5.92 Å². The molecular formula is C22H31N5O5. The summed E-state index contributed by atoms with van der Waals surface area (Å²) in [6, 6.07) is 4.66. The first-order valence-electron chi connectivity index (χ1n) is 10.5. The molecule has 1 aromatic heterocycles. The number of rotatable bonds is 11. The van der Waals surface area contributed by atoms with E-state index in [1.807, 2.05) is 31.2 Å². The summed E-state index contributed by atoms with van der Waals surface area (Å²) in [5.74, 6) is -3.02. The van der Waals surface area contributed by atoms with E-state index in [0.717, 1.165) is 16.5 Å². The van der Waals surface area contributed by atoms with E-state index in [-0.39, 0.29) is 12.3 Å². The predicted octanol–water partition coefficient (Wildman–Crippen LogP) is 0.274. The molecule has 10 nitrogen and oxygen atoms in total. The van der Waals surface area contributed by atoms with Gasteiger partial charge in [0.1, 0.15) is 12.1 Å². The monoisotopic (exact) mass is 445 g/mol. The fourth-order valence-corrected chi connectivity index (χ4v) is 3.23. The van der Waals surface area contributed by atoms with Gasteiger partial charge in [-0.2, -0.15) is 0 Å². The van der Waals surface area contributed by atoms with Gasteiger partial charge in [-0.25, -0.2) is 4.79 Å². The highest BCUT2D eigenvalue weighted by Crippen LogP contribution is 2.19. The molecule has 0 aliphatic rings. The van der Waals surface area contributed by atoms with Crippen LogP contribution in [0.25, 0.3) is 10.9 Å². The Bertz CT molecular complexity index is 971. The number of aromatic amines is 1. The second-order valence-corrected chi connectivity index (χ2v) is 7.90. The Kier molecular flexibility index (Phi) is 8.77. The van der Waals surface area contributed by atoms with Crippen molar-refractivity contribution in [2.24, 2.45) is 11.7 Å². The molecule has 0 bridgehead atoms. The molecule has 32 heavy (non-hydrogen) atoms. The molecule has 0 spiro atoms. The molecule has 0 radical (unpaired) electrons. The molecule has 1 heterocycles. The van der Waals surface area contributed by atoms with Crippen molar-refractivity contribution in [1.82, 2.24) is 20.9 Å². The van der Waals surface area contributed by atoms with Crippen LogP contribution in [0.4, 0.5) is 0 Å². The molecule has 4 unspecified atom stereocenters. The maximum atomic E-state index is 12.6. The van der Waals surface area contributed by atoms with E-state index in [1.165, 1.54) is 6.92 Å². The number of aromatic nitrogens is 1. The highest BCUT2D eigenvalue weighted by atomic mass is 16.4. The van der Waals surface area contributed by atoms with Crippen molar-refractivity contribution in [3.8, 4) is 0 Å². The van der Waals surface area contributed by atoms with E-state index in [4.69, 9.17) is 5.73 Å². The number of para-hydroxylation sites is 1. The van der Waals surface area contributed by atoms with Gasteiger partial charge in [-0.15, -0.1) is 0 Å². The molecule has 7 N–H and O–H groups in total. The molecule has 2 aromatic rings. The lowest BCUT2D eigenvalue weighted by Crippen LogP contribution is -2.55. The SMILES string of the molecule is CCC(C)C(NC(=O)C(C)N)C(=O)NCC(=O)NC(Cc1c[nH]c2ccccc12)C(=O)O. The molecule has 0 saturated heterocycles. The van der Waals surface area contributed by atoms with Crippen molar-refractivity contribution in [1.29, 1.82) is 0 Å². The van der Waals surface area contributed by atoms with Crippen LogP contribution in [0.2, 0.25) is 0 Å². The van der Waals surface area contributed by atoms with E-state index in [2.05, 4.69) is 20.9 Å². The highest BCUT2D eigenvalue weighted by molar-refractivity contribution is 5.93. The Morgan fingerprint density at radius 1 is 1.09 bits per heavy atom. The lowest BCUT2D eigenvalue weighted by Gasteiger charge is -2.24. The zero-order chi connectivity index (χ0) is 23.8. The van der Waals surface area contributed by atoms with E-state index >= 15 is 0 Å². The minimum absolute atomic E-state index is 0.0823.